The Bertz CT molecular complexity index is 1030. The summed E-state index contributed by atoms with van der Waals surface area (Å²) < 4.78 is 1.58. The van der Waals surface area contributed by atoms with E-state index in [2.05, 4.69) is 15.7 Å². The number of nitrogens with one attached hydrogen (secondary N) is 2. The van der Waals surface area contributed by atoms with Crippen molar-refractivity contribution in [1.82, 2.24) is 20.4 Å². The number of carbonyl (C=O) groups is 2. The molecule has 0 spiro atoms. The second-order valence-electron chi connectivity index (χ2n) is 8.77. The van der Waals surface area contributed by atoms with Crippen molar-refractivity contribution in [2.45, 2.75) is 52.2 Å². The molecular weight excluding hydrogens is 364 g/mol. The molecule has 0 unspecified atom stereocenters. The van der Waals surface area contributed by atoms with E-state index in [0.717, 1.165) is 16.5 Å². The van der Waals surface area contributed by atoms with Crippen LogP contribution >= 0.6 is 0 Å². The predicted molar refractivity (Wildman–Crippen MR) is 115 cm³/mol. The summed E-state index contributed by atoms with van der Waals surface area (Å²) in [5.74, 6) is -0.424. The first kappa shape index (κ1) is 20.6. The third-order valence-electron chi connectivity index (χ3n) is 4.60. The van der Waals surface area contributed by atoms with E-state index in [0.29, 0.717) is 5.69 Å². The van der Waals surface area contributed by atoms with Crippen LogP contribution in [0.5, 0.6) is 0 Å². The van der Waals surface area contributed by atoms with Crippen LogP contribution in [-0.2, 0) is 16.9 Å². The lowest BCUT2D eigenvalue weighted by molar-refractivity contribution is -0.123. The van der Waals surface area contributed by atoms with Crippen LogP contribution in [-0.4, -0.2) is 27.1 Å². The highest BCUT2D eigenvalue weighted by molar-refractivity contribution is 6.05. The first-order chi connectivity index (χ1) is 13.6. The maximum atomic E-state index is 13.1. The highest BCUT2D eigenvalue weighted by atomic mass is 16.2. The average Bonchev–Trinajstić information content (AvgIpc) is 2.99. The largest absolute Gasteiger partial charge is 0.350 e. The third-order valence-corrected chi connectivity index (χ3v) is 4.60. The molecule has 0 saturated carbocycles. The van der Waals surface area contributed by atoms with Crippen LogP contribution in [0.25, 0.3) is 10.9 Å². The molecule has 6 nitrogen and oxygen atoms in total. The van der Waals surface area contributed by atoms with Crippen molar-refractivity contribution in [3.8, 4) is 0 Å². The molecule has 2 amide bonds. The number of para-hydroxylation sites is 1. The summed E-state index contributed by atoms with van der Waals surface area (Å²) in [6.07, 6.45) is 0. The van der Waals surface area contributed by atoms with Crippen LogP contribution in [0, 0.1) is 0 Å². The molecule has 0 bridgehead atoms. The van der Waals surface area contributed by atoms with Gasteiger partial charge in [0, 0.05) is 10.9 Å². The zero-order valence-electron chi connectivity index (χ0n) is 17.6. The van der Waals surface area contributed by atoms with Gasteiger partial charge in [-0.15, -0.1) is 0 Å². The van der Waals surface area contributed by atoms with Crippen molar-refractivity contribution in [1.29, 1.82) is 0 Å². The Labute approximate surface area is 171 Å². The lowest BCUT2D eigenvalue weighted by Crippen LogP contribution is -2.42. The summed E-state index contributed by atoms with van der Waals surface area (Å²) in [5, 5.41) is 11.2. The van der Waals surface area contributed by atoms with Crippen molar-refractivity contribution in [3.63, 3.8) is 0 Å². The molecule has 0 fully saturated rings. The fraction of sp³-hybridized carbons (Fsp3) is 0.348. The number of aromatic nitrogens is 2. The highest BCUT2D eigenvalue weighted by Gasteiger charge is 2.26. The topological polar surface area (TPSA) is 76.0 Å². The predicted octanol–water partition coefficient (Wildman–Crippen LogP) is 3.62. The second-order valence-corrected chi connectivity index (χ2v) is 8.77. The molecule has 0 radical (unpaired) electrons. The summed E-state index contributed by atoms with van der Waals surface area (Å²) in [6, 6.07) is 17.3. The van der Waals surface area contributed by atoms with E-state index in [1.54, 1.807) is 4.68 Å². The normalized spacial score (nSPS) is 12.0. The summed E-state index contributed by atoms with van der Waals surface area (Å²) >= 11 is 0. The Balaban J connectivity index is 1.90. The Morgan fingerprint density at radius 3 is 2.17 bits per heavy atom. The van der Waals surface area contributed by atoms with Gasteiger partial charge in [0.2, 0.25) is 5.91 Å². The number of nitrogens with zero attached hydrogens (tertiary/aromatic N) is 2. The van der Waals surface area contributed by atoms with Gasteiger partial charge in [-0.1, -0.05) is 48.5 Å². The monoisotopic (exact) mass is 392 g/mol. The molecule has 0 aliphatic carbocycles. The molecule has 1 aromatic heterocycles. The molecule has 0 atom stereocenters. The molecule has 0 aliphatic rings. The zero-order valence-corrected chi connectivity index (χ0v) is 17.6. The third kappa shape index (κ3) is 4.83. The van der Waals surface area contributed by atoms with Crippen LogP contribution in [0.2, 0.25) is 0 Å². The van der Waals surface area contributed by atoms with Gasteiger partial charge in [0.15, 0.2) is 5.69 Å². The molecule has 3 aromatic rings. The first-order valence-corrected chi connectivity index (χ1v) is 9.71. The fourth-order valence-corrected chi connectivity index (χ4v) is 3.28. The number of fused-ring (bicyclic) bond motifs is 1. The number of hydrogen-bond acceptors (Lipinski definition) is 3. The van der Waals surface area contributed by atoms with Gasteiger partial charge < -0.3 is 10.6 Å². The van der Waals surface area contributed by atoms with Gasteiger partial charge in [0.1, 0.15) is 6.54 Å². The number of rotatable bonds is 5. The standard InChI is InChI=1S/C23H28N4O2/c1-22(2,3)24-19(28)15-27-18-14-10-9-13-17(18)20(26-27)21(29)25-23(4,5)16-11-7-6-8-12-16/h6-14H,15H2,1-5H3,(H,24,28)(H,25,29). The second kappa shape index (κ2) is 7.70. The number of amides is 2. The minimum atomic E-state index is -0.563. The molecular formula is C23H28N4O2. The molecule has 6 heteroatoms. The van der Waals surface area contributed by atoms with Gasteiger partial charge >= 0.3 is 0 Å². The van der Waals surface area contributed by atoms with Crippen LogP contribution in [0.15, 0.2) is 54.6 Å². The van der Waals surface area contributed by atoms with E-state index in [4.69, 9.17) is 0 Å². The fourth-order valence-electron chi connectivity index (χ4n) is 3.28. The van der Waals surface area contributed by atoms with Gasteiger partial charge in [0.25, 0.3) is 5.91 Å². The Morgan fingerprint density at radius 1 is 0.897 bits per heavy atom. The highest BCUT2D eigenvalue weighted by Crippen LogP contribution is 2.23. The lowest BCUT2D eigenvalue weighted by atomic mass is 9.94. The smallest absolute Gasteiger partial charge is 0.273 e. The summed E-state index contributed by atoms with van der Waals surface area (Å²) in [4.78, 5) is 25.5. The first-order valence-electron chi connectivity index (χ1n) is 9.71. The minimum Gasteiger partial charge on any atom is -0.350 e. The minimum absolute atomic E-state index is 0.0488. The summed E-state index contributed by atoms with van der Waals surface area (Å²) in [7, 11) is 0. The van der Waals surface area contributed by atoms with Crippen LogP contribution in [0.3, 0.4) is 0 Å². The molecule has 0 saturated heterocycles. The summed E-state index contributed by atoms with van der Waals surface area (Å²) in [5.41, 5.74) is 1.17. The quantitative estimate of drug-likeness (QED) is 0.696. The maximum Gasteiger partial charge on any atom is 0.273 e. The van der Waals surface area contributed by atoms with E-state index in [-0.39, 0.29) is 23.9 Å². The van der Waals surface area contributed by atoms with E-state index >= 15 is 0 Å². The molecule has 0 aliphatic heterocycles. The molecule has 2 N–H and O–H groups in total. The van der Waals surface area contributed by atoms with Gasteiger partial charge in [-0.05, 0) is 46.2 Å². The van der Waals surface area contributed by atoms with E-state index in [1.165, 1.54) is 0 Å². The number of benzene rings is 2. The van der Waals surface area contributed by atoms with Gasteiger partial charge in [0.05, 0.1) is 11.1 Å². The van der Waals surface area contributed by atoms with Crippen molar-refractivity contribution >= 4 is 22.7 Å². The van der Waals surface area contributed by atoms with Gasteiger partial charge in [-0.2, -0.15) is 5.10 Å². The van der Waals surface area contributed by atoms with Crippen LogP contribution < -0.4 is 10.6 Å². The maximum absolute atomic E-state index is 13.1. The Morgan fingerprint density at radius 2 is 1.52 bits per heavy atom. The Hall–Kier alpha value is -3.15. The van der Waals surface area contributed by atoms with E-state index < -0.39 is 5.54 Å². The zero-order chi connectivity index (χ0) is 21.2. The van der Waals surface area contributed by atoms with Crippen molar-refractivity contribution in [2.75, 3.05) is 0 Å². The van der Waals surface area contributed by atoms with Gasteiger partial charge in [-0.25, -0.2) is 0 Å². The van der Waals surface area contributed by atoms with Crippen molar-refractivity contribution in [2.24, 2.45) is 0 Å². The lowest BCUT2D eigenvalue weighted by Gasteiger charge is -2.26. The van der Waals surface area contributed by atoms with Crippen LogP contribution in [0.1, 0.15) is 50.7 Å². The van der Waals surface area contributed by atoms with E-state index in [1.807, 2.05) is 89.2 Å². The molecule has 2 aromatic carbocycles. The number of carbonyl (C=O) groups excluding carboxylic acids is 2. The van der Waals surface area contributed by atoms with Crippen molar-refractivity contribution < 1.29 is 9.59 Å². The molecule has 152 valence electrons. The molecule has 3 rings (SSSR count). The SMILES string of the molecule is CC(C)(C)NC(=O)Cn1nc(C(=O)NC(C)(C)c2ccccc2)c2ccccc21. The molecule has 29 heavy (non-hydrogen) atoms. The average molecular weight is 393 g/mol. The van der Waals surface area contributed by atoms with Crippen LogP contribution in [0.4, 0.5) is 0 Å². The Kier molecular flexibility index (Phi) is 5.46. The molecule has 1 heterocycles. The number of hydrogen-bond donors (Lipinski definition) is 2. The van der Waals surface area contributed by atoms with E-state index in [9.17, 15) is 9.59 Å². The van der Waals surface area contributed by atoms with Gasteiger partial charge in [-0.3, -0.25) is 14.3 Å². The summed E-state index contributed by atoms with van der Waals surface area (Å²) in [6.45, 7) is 9.74. The van der Waals surface area contributed by atoms with Crippen molar-refractivity contribution in [3.05, 3.63) is 65.9 Å².